The SMILES string of the molecule is Cc1ccc(Oc2ccc(CCCc3ncnc4ccccc34)cn2)cc1. The summed E-state index contributed by atoms with van der Waals surface area (Å²) in [7, 11) is 0. The molecule has 134 valence electrons. The number of hydrogen-bond acceptors (Lipinski definition) is 4. The summed E-state index contributed by atoms with van der Waals surface area (Å²) >= 11 is 0. The van der Waals surface area contributed by atoms with Gasteiger partial charge in [0, 0.05) is 17.6 Å². The highest BCUT2D eigenvalue weighted by Crippen LogP contribution is 2.20. The maximum atomic E-state index is 5.78. The first kappa shape index (κ1) is 17.2. The fourth-order valence-electron chi connectivity index (χ4n) is 3.07. The van der Waals surface area contributed by atoms with Crippen LogP contribution >= 0.6 is 0 Å². The molecule has 0 fully saturated rings. The van der Waals surface area contributed by atoms with Gasteiger partial charge in [0.25, 0.3) is 0 Å². The standard InChI is InChI=1S/C23H21N3O/c1-17-9-12-19(13-10-17)27-23-14-11-18(15-24-23)5-4-8-22-20-6-2-3-7-21(20)25-16-26-22/h2-3,6-7,9-16H,4-5,8H2,1H3. The molecule has 4 nitrogen and oxygen atoms in total. The van der Waals surface area contributed by atoms with E-state index in [9.17, 15) is 0 Å². The van der Waals surface area contributed by atoms with Crippen molar-refractivity contribution in [1.82, 2.24) is 15.0 Å². The molecule has 2 aromatic carbocycles. The molecule has 0 unspecified atom stereocenters. The molecule has 0 amide bonds. The number of pyridine rings is 1. The molecule has 0 spiro atoms. The summed E-state index contributed by atoms with van der Waals surface area (Å²) in [5.74, 6) is 1.42. The van der Waals surface area contributed by atoms with Crippen molar-refractivity contribution in [3.8, 4) is 11.6 Å². The van der Waals surface area contributed by atoms with E-state index in [2.05, 4.69) is 34.0 Å². The van der Waals surface area contributed by atoms with Crippen LogP contribution in [0.4, 0.5) is 0 Å². The van der Waals surface area contributed by atoms with Crippen LogP contribution in [0.15, 0.2) is 73.2 Å². The van der Waals surface area contributed by atoms with E-state index < -0.39 is 0 Å². The lowest BCUT2D eigenvalue weighted by molar-refractivity contribution is 0.462. The number of fused-ring (bicyclic) bond motifs is 1. The van der Waals surface area contributed by atoms with Gasteiger partial charge in [0.15, 0.2) is 0 Å². The minimum Gasteiger partial charge on any atom is -0.439 e. The van der Waals surface area contributed by atoms with Crippen molar-refractivity contribution in [1.29, 1.82) is 0 Å². The van der Waals surface area contributed by atoms with Crippen LogP contribution in [-0.4, -0.2) is 15.0 Å². The second kappa shape index (κ2) is 7.96. The molecular weight excluding hydrogens is 334 g/mol. The Balaban J connectivity index is 1.35. The van der Waals surface area contributed by atoms with Crippen molar-refractivity contribution in [2.45, 2.75) is 26.2 Å². The molecule has 2 heterocycles. The zero-order chi connectivity index (χ0) is 18.5. The first-order valence-electron chi connectivity index (χ1n) is 9.16. The average molecular weight is 355 g/mol. The molecule has 0 aliphatic carbocycles. The zero-order valence-corrected chi connectivity index (χ0v) is 15.3. The maximum absolute atomic E-state index is 5.78. The van der Waals surface area contributed by atoms with Crippen molar-refractivity contribution in [2.24, 2.45) is 0 Å². The fourth-order valence-corrected chi connectivity index (χ4v) is 3.07. The molecular formula is C23H21N3O. The van der Waals surface area contributed by atoms with Gasteiger partial charge in [0.2, 0.25) is 5.88 Å². The normalized spacial score (nSPS) is 10.9. The van der Waals surface area contributed by atoms with Crippen molar-refractivity contribution in [2.75, 3.05) is 0 Å². The molecule has 4 heteroatoms. The number of aromatic nitrogens is 3. The first-order valence-corrected chi connectivity index (χ1v) is 9.16. The third-order valence-electron chi connectivity index (χ3n) is 4.55. The molecule has 0 saturated carbocycles. The molecule has 0 aliphatic rings. The van der Waals surface area contributed by atoms with Gasteiger partial charge in [-0.2, -0.15) is 0 Å². The molecule has 0 atom stereocenters. The van der Waals surface area contributed by atoms with E-state index in [1.54, 1.807) is 6.33 Å². The summed E-state index contributed by atoms with van der Waals surface area (Å²) in [6, 6.07) is 20.1. The minimum atomic E-state index is 0.615. The van der Waals surface area contributed by atoms with E-state index >= 15 is 0 Å². The summed E-state index contributed by atoms with van der Waals surface area (Å²) in [5.41, 5.74) is 4.52. The lowest BCUT2D eigenvalue weighted by Gasteiger charge is -2.07. The van der Waals surface area contributed by atoms with Crippen molar-refractivity contribution in [3.63, 3.8) is 0 Å². The molecule has 0 N–H and O–H groups in total. The average Bonchev–Trinajstić information content (AvgIpc) is 2.71. The van der Waals surface area contributed by atoms with Gasteiger partial charge < -0.3 is 4.74 Å². The highest BCUT2D eigenvalue weighted by molar-refractivity contribution is 5.80. The lowest BCUT2D eigenvalue weighted by atomic mass is 10.1. The molecule has 0 aliphatic heterocycles. The molecule has 2 aromatic heterocycles. The third-order valence-corrected chi connectivity index (χ3v) is 4.55. The Morgan fingerprint density at radius 2 is 1.67 bits per heavy atom. The van der Waals surface area contributed by atoms with E-state index in [-0.39, 0.29) is 0 Å². The van der Waals surface area contributed by atoms with Crippen LogP contribution in [0.5, 0.6) is 11.6 Å². The van der Waals surface area contributed by atoms with E-state index in [1.807, 2.05) is 54.7 Å². The van der Waals surface area contributed by atoms with Gasteiger partial charge in [-0.05, 0) is 49.9 Å². The van der Waals surface area contributed by atoms with Crippen LogP contribution in [-0.2, 0) is 12.8 Å². The Bertz CT molecular complexity index is 1020. The van der Waals surface area contributed by atoms with Gasteiger partial charge >= 0.3 is 0 Å². The predicted octanol–water partition coefficient (Wildman–Crippen LogP) is 5.30. The summed E-state index contributed by atoms with van der Waals surface area (Å²) in [5, 5.41) is 1.14. The number of benzene rings is 2. The number of rotatable bonds is 6. The first-order chi connectivity index (χ1) is 13.3. The molecule has 4 rings (SSSR count). The highest BCUT2D eigenvalue weighted by atomic mass is 16.5. The molecule has 0 saturated heterocycles. The van der Waals surface area contributed by atoms with Crippen molar-refractivity contribution >= 4 is 10.9 Å². The molecule has 4 aromatic rings. The third kappa shape index (κ3) is 4.29. The number of nitrogens with zero attached hydrogens (tertiary/aromatic N) is 3. The van der Waals surface area contributed by atoms with E-state index in [0.717, 1.165) is 41.6 Å². The summed E-state index contributed by atoms with van der Waals surface area (Å²) in [6.07, 6.45) is 6.43. The smallest absolute Gasteiger partial charge is 0.219 e. The Labute approximate surface area is 158 Å². The monoisotopic (exact) mass is 355 g/mol. The fraction of sp³-hybridized carbons (Fsp3) is 0.174. The van der Waals surface area contributed by atoms with E-state index in [0.29, 0.717) is 5.88 Å². The van der Waals surface area contributed by atoms with Gasteiger partial charge in [-0.25, -0.2) is 15.0 Å². The minimum absolute atomic E-state index is 0.615. The second-order valence-corrected chi connectivity index (χ2v) is 6.61. The maximum Gasteiger partial charge on any atom is 0.219 e. The largest absolute Gasteiger partial charge is 0.439 e. The number of hydrogen-bond donors (Lipinski definition) is 0. The number of para-hydroxylation sites is 1. The zero-order valence-electron chi connectivity index (χ0n) is 15.3. The van der Waals surface area contributed by atoms with Crippen LogP contribution in [0, 0.1) is 6.92 Å². The van der Waals surface area contributed by atoms with Crippen molar-refractivity contribution < 1.29 is 4.74 Å². The number of ether oxygens (including phenoxy) is 1. The summed E-state index contributed by atoms with van der Waals surface area (Å²) in [6.45, 7) is 2.06. The Kier molecular flexibility index (Phi) is 5.06. The predicted molar refractivity (Wildman–Crippen MR) is 107 cm³/mol. The molecule has 0 bridgehead atoms. The second-order valence-electron chi connectivity index (χ2n) is 6.61. The van der Waals surface area contributed by atoms with Gasteiger partial charge in [-0.1, -0.05) is 42.0 Å². The summed E-state index contributed by atoms with van der Waals surface area (Å²) < 4.78 is 5.78. The quantitative estimate of drug-likeness (QED) is 0.471. The molecule has 27 heavy (non-hydrogen) atoms. The number of aryl methyl sites for hydroxylation is 3. The van der Waals surface area contributed by atoms with Gasteiger partial charge in [0.05, 0.1) is 11.2 Å². The topological polar surface area (TPSA) is 47.9 Å². The van der Waals surface area contributed by atoms with Crippen LogP contribution in [0.25, 0.3) is 10.9 Å². The Hall–Kier alpha value is -3.27. The summed E-state index contributed by atoms with van der Waals surface area (Å²) in [4.78, 5) is 13.2. The highest BCUT2D eigenvalue weighted by Gasteiger charge is 2.04. The van der Waals surface area contributed by atoms with Crippen LogP contribution < -0.4 is 4.74 Å². The van der Waals surface area contributed by atoms with E-state index in [1.165, 1.54) is 11.1 Å². The van der Waals surface area contributed by atoms with Crippen molar-refractivity contribution in [3.05, 3.63) is 90.0 Å². The lowest BCUT2D eigenvalue weighted by Crippen LogP contribution is -1.96. The van der Waals surface area contributed by atoms with Gasteiger partial charge in [0.1, 0.15) is 12.1 Å². The Morgan fingerprint density at radius 3 is 2.48 bits per heavy atom. The van der Waals surface area contributed by atoms with Crippen LogP contribution in [0.1, 0.15) is 23.2 Å². The van der Waals surface area contributed by atoms with E-state index in [4.69, 9.17) is 4.74 Å². The van der Waals surface area contributed by atoms with Gasteiger partial charge in [-0.15, -0.1) is 0 Å². The molecule has 0 radical (unpaired) electrons. The Morgan fingerprint density at radius 1 is 0.815 bits per heavy atom. The van der Waals surface area contributed by atoms with Crippen LogP contribution in [0.3, 0.4) is 0 Å². The van der Waals surface area contributed by atoms with Crippen LogP contribution in [0.2, 0.25) is 0 Å². The van der Waals surface area contributed by atoms with Gasteiger partial charge in [-0.3, -0.25) is 0 Å².